The summed E-state index contributed by atoms with van der Waals surface area (Å²) in [5.41, 5.74) is 1.37. The Morgan fingerprint density at radius 2 is 2.09 bits per heavy atom. The van der Waals surface area contributed by atoms with Gasteiger partial charge >= 0.3 is 0 Å². The normalized spacial score (nSPS) is 25.5. The minimum Gasteiger partial charge on any atom is -0.391 e. The molecule has 1 aliphatic heterocycles. The molecule has 166 valence electrons. The van der Waals surface area contributed by atoms with Gasteiger partial charge in [-0.3, -0.25) is 4.79 Å². The number of aliphatic hydroxyl groups excluding tert-OH is 1. The second kappa shape index (κ2) is 8.23. The first-order valence-corrected chi connectivity index (χ1v) is 11.6. The summed E-state index contributed by atoms with van der Waals surface area (Å²) in [5, 5.41) is 27.0. The molecule has 5 rings (SSSR count). The van der Waals surface area contributed by atoms with Gasteiger partial charge in [-0.25, -0.2) is 15.0 Å². The third-order valence-corrected chi connectivity index (χ3v) is 7.20. The van der Waals surface area contributed by atoms with Crippen molar-refractivity contribution in [2.45, 2.75) is 43.4 Å². The second-order valence-electron chi connectivity index (χ2n) is 8.47. The van der Waals surface area contributed by atoms with Gasteiger partial charge in [-0.05, 0) is 37.0 Å². The average molecular weight is 452 g/mol. The molecule has 3 unspecified atom stereocenters. The van der Waals surface area contributed by atoms with Crippen molar-refractivity contribution in [3.63, 3.8) is 0 Å². The van der Waals surface area contributed by atoms with E-state index in [0.717, 1.165) is 35.5 Å². The third-order valence-electron chi connectivity index (χ3n) is 6.31. The summed E-state index contributed by atoms with van der Waals surface area (Å²) in [7, 11) is 1.70. The van der Waals surface area contributed by atoms with Crippen LogP contribution in [0.2, 0.25) is 0 Å². The van der Waals surface area contributed by atoms with Crippen molar-refractivity contribution < 1.29 is 15.0 Å². The number of benzene rings is 1. The molecule has 0 radical (unpaired) electrons. The zero-order chi connectivity index (χ0) is 22.3. The summed E-state index contributed by atoms with van der Waals surface area (Å²) in [6.45, 7) is 0.531. The lowest BCUT2D eigenvalue weighted by Gasteiger charge is -2.21. The number of nitrogens with zero attached hydrogens (tertiary/aromatic N) is 4. The Labute approximate surface area is 190 Å². The molecular formula is C23H25N5O3S. The minimum absolute atomic E-state index is 0.0258. The average Bonchev–Trinajstić information content (AvgIpc) is 3.52. The van der Waals surface area contributed by atoms with Crippen LogP contribution < -0.4 is 5.32 Å². The van der Waals surface area contributed by atoms with Crippen molar-refractivity contribution in [2.75, 3.05) is 18.9 Å². The van der Waals surface area contributed by atoms with Crippen LogP contribution in [0.1, 0.15) is 31.2 Å². The van der Waals surface area contributed by atoms with E-state index in [-0.39, 0.29) is 18.1 Å². The van der Waals surface area contributed by atoms with Crippen LogP contribution in [0.15, 0.2) is 41.9 Å². The van der Waals surface area contributed by atoms with Crippen LogP contribution in [-0.2, 0) is 10.4 Å². The Balaban J connectivity index is 1.39. The molecule has 0 bridgehead atoms. The van der Waals surface area contributed by atoms with Crippen molar-refractivity contribution >= 4 is 23.2 Å². The zero-order valence-electron chi connectivity index (χ0n) is 17.7. The number of anilines is 1. The topological polar surface area (TPSA) is 111 Å². The Morgan fingerprint density at radius 3 is 2.84 bits per heavy atom. The monoisotopic (exact) mass is 451 g/mol. The highest BCUT2D eigenvalue weighted by Crippen LogP contribution is 2.36. The number of aliphatic hydroxyl groups is 2. The summed E-state index contributed by atoms with van der Waals surface area (Å²) < 4.78 is 0. The summed E-state index contributed by atoms with van der Waals surface area (Å²) >= 11 is 1.48. The number of hydrogen-bond donors (Lipinski definition) is 3. The summed E-state index contributed by atoms with van der Waals surface area (Å²) in [5.74, 6) is 0.207. The van der Waals surface area contributed by atoms with E-state index in [0.29, 0.717) is 30.2 Å². The molecule has 8 nitrogen and oxygen atoms in total. The highest BCUT2D eigenvalue weighted by molar-refractivity contribution is 7.13. The zero-order valence-corrected chi connectivity index (χ0v) is 18.5. The van der Waals surface area contributed by atoms with Crippen LogP contribution in [0.3, 0.4) is 0 Å². The molecule has 2 aromatic heterocycles. The van der Waals surface area contributed by atoms with Crippen molar-refractivity contribution in [1.29, 1.82) is 0 Å². The molecule has 1 amide bonds. The van der Waals surface area contributed by atoms with Crippen LogP contribution in [0, 0.1) is 0 Å². The molecule has 3 heterocycles. The molecule has 1 aliphatic carbocycles. The number of carbonyl (C=O) groups excluding carboxylic acids is 1. The van der Waals surface area contributed by atoms with E-state index >= 15 is 0 Å². The first-order valence-electron chi connectivity index (χ1n) is 10.8. The van der Waals surface area contributed by atoms with Crippen molar-refractivity contribution in [3.8, 4) is 22.0 Å². The van der Waals surface area contributed by atoms with E-state index in [1.54, 1.807) is 30.3 Å². The molecule has 32 heavy (non-hydrogen) atoms. The Morgan fingerprint density at radius 1 is 1.22 bits per heavy atom. The smallest absolute Gasteiger partial charge is 0.258 e. The van der Waals surface area contributed by atoms with Crippen molar-refractivity contribution in [1.82, 2.24) is 19.9 Å². The predicted octanol–water partition coefficient (Wildman–Crippen LogP) is 2.64. The van der Waals surface area contributed by atoms with Crippen LogP contribution >= 0.6 is 11.3 Å². The maximum atomic E-state index is 12.5. The first-order chi connectivity index (χ1) is 15.4. The van der Waals surface area contributed by atoms with Gasteiger partial charge in [0, 0.05) is 37.2 Å². The molecule has 3 aromatic rings. The lowest BCUT2D eigenvalue weighted by atomic mass is 9.91. The molecular weight excluding hydrogens is 426 g/mol. The Bertz CT molecular complexity index is 1150. The summed E-state index contributed by atoms with van der Waals surface area (Å²) in [6, 6.07) is 9.17. The van der Waals surface area contributed by atoms with E-state index in [4.69, 9.17) is 4.98 Å². The first kappa shape index (κ1) is 21.0. The number of rotatable bonds is 5. The number of likely N-dealkylation sites (tertiary alicyclic amines) is 1. The summed E-state index contributed by atoms with van der Waals surface area (Å²) in [4.78, 5) is 27.6. The number of thiazole rings is 1. The fourth-order valence-corrected chi connectivity index (χ4v) is 5.21. The standard InChI is InChI=1S/C23H25N5O3S/c1-28-11-9-23(31,21(28)30)15-5-2-4-14(12-15)20-25-18(13-32-20)16-8-10-24-22(26-16)27-17-6-3-7-19(17)29/h2,4-5,8,10,12-13,17,19,29,31H,3,6-7,9,11H2,1H3,(H,24,26,27). The molecule has 2 aliphatic rings. The second-order valence-corrected chi connectivity index (χ2v) is 9.33. The maximum absolute atomic E-state index is 12.5. The Hall–Kier alpha value is -2.88. The van der Waals surface area contributed by atoms with Crippen LogP contribution in [0.5, 0.6) is 0 Å². The molecule has 1 aromatic carbocycles. The quantitative estimate of drug-likeness (QED) is 0.547. The van der Waals surface area contributed by atoms with Gasteiger partial charge in [0.1, 0.15) is 10.7 Å². The lowest BCUT2D eigenvalue weighted by Crippen LogP contribution is -2.36. The van der Waals surface area contributed by atoms with Gasteiger partial charge in [-0.15, -0.1) is 11.3 Å². The number of hydrogen-bond acceptors (Lipinski definition) is 8. The van der Waals surface area contributed by atoms with Gasteiger partial charge in [0.2, 0.25) is 5.95 Å². The van der Waals surface area contributed by atoms with Gasteiger partial charge in [-0.2, -0.15) is 0 Å². The highest BCUT2D eigenvalue weighted by atomic mass is 32.1. The molecule has 3 N–H and O–H groups in total. The van der Waals surface area contributed by atoms with E-state index in [1.165, 1.54) is 11.3 Å². The SMILES string of the molecule is CN1CCC(O)(c2cccc(-c3nc(-c4ccnc(NC5CCCC5O)n4)cs3)c2)C1=O. The van der Waals surface area contributed by atoms with E-state index in [9.17, 15) is 15.0 Å². The molecule has 1 saturated carbocycles. The fraction of sp³-hybridized carbons (Fsp3) is 0.391. The van der Waals surface area contributed by atoms with Gasteiger partial charge in [-0.1, -0.05) is 18.2 Å². The van der Waals surface area contributed by atoms with Crippen LogP contribution in [0.25, 0.3) is 22.0 Å². The molecule has 3 atom stereocenters. The summed E-state index contributed by atoms with van der Waals surface area (Å²) in [6.07, 6.45) is 4.37. The van der Waals surface area contributed by atoms with Crippen LogP contribution in [-0.4, -0.2) is 61.7 Å². The van der Waals surface area contributed by atoms with Gasteiger partial charge in [0.05, 0.1) is 17.8 Å². The lowest BCUT2D eigenvalue weighted by molar-refractivity contribution is -0.143. The predicted molar refractivity (Wildman–Crippen MR) is 122 cm³/mol. The third kappa shape index (κ3) is 3.76. The number of amides is 1. The molecule has 0 spiro atoms. The van der Waals surface area contributed by atoms with Gasteiger partial charge < -0.3 is 20.4 Å². The largest absolute Gasteiger partial charge is 0.391 e. The highest BCUT2D eigenvalue weighted by Gasteiger charge is 2.45. The van der Waals surface area contributed by atoms with Crippen LogP contribution in [0.4, 0.5) is 5.95 Å². The van der Waals surface area contributed by atoms with Crippen molar-refractivity contribution in [3.05, 3.63) is 47.5 Å². The number of aromatic nitrogens is 3. The number of nitrogens with one attached hydrogen (secondary N) is 1. The molecule has 1 saturated heterocycles. The van der Waals surface area contributed by atoms with Gasteiger partial charge in [0.15, 0.2) is 5.60 Å². The van der Waals surface area contributed by atoms with E-state index in [1.807, 2.05) is 23.6 Å². The molecule has 9 heteroatoms. The van der Waals surface area contributed by atoms with Crippen molar-refractivity contribution in [2.24, 2.45) is 0 Å². The Kier molecular flexibility index (Phi) is 5.40. The minimum atomic E-state index is -1.48. The van der Waals surface area contributed by atoms with Gasteiger partial charge in [0.25, 0.3) is 5.91 Å². The fourth-order valence-electron chi connectivity index (χ4n) is 4.40. The van der Waals surface area contributed by atoms with E-state index in [2.05, 4.69) is 15.3 Å². The number of likely N-dealkylation sites (N-methyl/N-ethyl adjacent to an activating group) is 1. The van der Waals surface area contributed by atoms with E-state index < -0.39 is 5.60 Å². The maximum Gasteiger partial charge on any atom is 0.258 e. The molecule has 2 fully saturated rings. The number of carbonyl (C=O) groups is 1.